The summed E-state index contributed by atoms with van der Waals surface area (Å²) in [6.07, 6.45) is 6.22. The summed E-state index contributed by atoms with van der Waals surface area (Å²) in [5, 5.41) is 6.67. The van der Waals surface area contributed by atoms with E-state index in [1.165, 1.54) is 19.3 Å². The number of urea groups is 1. The molecule has 3 heterocycles. The molecule has 27 heavy (non-hydrogen) atoms. The van der Waals surface area contributed by atoms with Crippen LogP contribution in [0.5, 0.6) is 0 Å². The van der Waals surface area contributed by atoms with Gasteiger partial charge < -0.3 is 25.0 Å². The molecule has 3 aliphatic heterocycles. The second kappa shape index (κ2) is 8.25. The van der Waals surface area contributed by atoms with Crippen LogP contribution in [0.3, 0.4) is 0 Å². The van der Waals surface area contributed by atoms with Crippen LogP contribution in [-0.4, -0.2) is 50.6 Å². The van der Waals surface area contributed by atoms with Crippen molar-refractivity contribution in [1.29, 1.82) is 0 Å². The SMILES string of the molecule is O=C(Nc1ccc(N2CCCCC2)c(Cl)c1)N[C@@H]1CCO[C@@]2(CCOC2)C1. The molecule has 6 nitrogen and oxygen atoms in total. The quantitative estimate of drug-likeness (QED) is 0.820. The predicted octanol–water partition coefficient (Wildman–Crippen LogP) is 3.79. The van der Waals surface area contributed by atoms with Crippen LogP contribution in [0.1, 0.15) is 38.5 Å². The van der Waals surface area contributed by atoms with E-state index in [4.69, 9.17) is 21.1 Å². The third kappa shape index (κ3) is 4.50. The molecular formula is C20H28ClN3O3. The van der Waals surface area contributed by atoms with Crippen LogP contribution < -0.4 is 15.5 Å². The molecule has 4 rings (SSSR count). The van der Waals surface area contributed by atoms with Crippen molar-refractivity contribution in [3.05, 3.63) is 23.2 Å². The van der Waals surface area contributed by atoms with Gasteiger partial charge in [0.05, 0.1) is 22.9 Å². The second-order valence-electron chi connectivity index (χ2n) is 7.84. The highest BCUT2D eigenvalue weighted by Gasteiger charge is 2.41. The Bertz CT molecular complexity index is 672. The molecule has 0 saturated carbocycles. The van der Waals surface area contributed by atoms with Gasteiger partial charge in [0.2, 0.25) is 0 Å². The number of benzene rings is 1. The zero-order valence-corrected chi connectivity index (χ0v) is 16.4. The summed E-state index contributed by atoms with van der Waals surface area (Å²) >= 11 is 6.48. The first kappa shape index (κ1) is 18.8. The second-order valence-corrected chi connectivity index (χ2v) is 8.24. The third-order valence-corrected chi connectivity index (χ3v) is 6.10. The topological polar surface area (TPSA) is 62.8 Å². The van der Waals surface area contributed by atoms with Crippen LogP contribution in [0.2, 0.25) is 5.02 Å². The number of rotatable bonds is 3. The van der Waals surface area contributed by atoms with E-state index < -0.39 is 0 Å². The Morgan fingerprint density at radius 3 is 2.81 bits per heavy atom. The maximum absolute atomic E-state index is 12.4. The van der Waals surface area contributed by atoms with Crippen molar-refractivity contribution in [3.8, 4) is 0 Å². The van der Waals surface area contributed by atoms with Gasteiger partial charge in [0.15, 0.2) is 0 Å². The highest BCUT2D eigenvalue weighted by Crippen LogP contribution is 2.33. The lowest BCUT2D eigenvalue weighted by Crippen LogP contribution is -2.49. The summed E-state index contributed by atoms with van der Waals surface area (Å²) in [6.45, 7) is 4.11. The molecule has 0 unspecified atom stereocenters. The average Bonchev–Trinajstić information content (AvgIpc) is 3.10. The normalized spacial score (nSPS) is 28.3. The lowest BCUT2D eigenvalue weighted by Gasteiger charge is -2.37. The van der Waals surface area contributed by atoms with Gasteiger partial charge >= 0.3 is 6.03 Å². The fourth-order valence-corrected chi connectivity index (χ4v) is 4.64. The first-order chi connectivity index (χ1) is 13.1. The van der Waals surface area contributed by atoms with Gasteiger partial charge in [-0.1, -0.05) is 11.6 Å². The highest BCUT2D eigenvalue weighted by molar-refractivity contribution is 6.33. The summed E-state index contributed by atoms with van der Waals surface area (Å²) in [5.41, 5.74) is 1.55. The number of anilines is 2. The number of amides is 2. The maximum Gasteiger partial charge on any atom is 0.319 e. The smallest absolute Gasteiger partial charge is 0.319 e. The largest absolute Gasteiger partial charge is 0.378 e. The number of nitrogens with one attached hydrogen (secondary N) is 2. The molecular weight excluding hydrogens is 366 g/mol. The number of hydrogen-bond donors (Lipinski definition) is 2. The molecule has 1 spiro atoms. The molecule has 3 saturated heterocycles. The maximum atomic E-state index is 12.4. The number of ether oxygens (including phenoxy) is 2. The lowest BCUT2D eigenvalue weighted by molar-refractivity contribution is -0.0877. The molecule has 2 N–H and O–H groups in total. The van der Waals surface area contributed by atoms with Crippen molar-refractivity contribution in [2.75, 3.05) is 43.1 Å². The Morgan fingerprint density at radius 2 is 2.07 bits per heavy atom. The number of halogens is 1. The molecule has 2 atom stereocenters. The Kier molecular flexibility index (Phi) is 5.76. The molecule has 0 aliphatic carbocycles. The summed E-state index contributed by atoms with van der Waals surface area (Å²) in [7, 11) is 0. The van der Waals surface area contributed by atoms with Gasteiger partial charge in [0.25, 0.3) is 0 Å². The molecule has 0 bridgehead atoms. The molecule has 0 radical (unpaired) electrons. The van der Waals surface area contributed by atoms with Crippen molar-refractivity contribution >= 4 is 29.0 Å². The van der Waals surface area contributed by atoms with Gasteiger partial charge in [-0.25, -0.2) is 4.79 Å². The molecule has 7 heteroatoms. The average molecular weight is 394 g/mol. The fourth-order valence-electron chi connectivity index (χ4n) is 4.34. The first-order valence-electron chi connectivity index (χ1n) is 9.97. The van der Waals surface area contributed by atoms with Gasteiger partial charge in [-0.3, -0.25) is 0 Å². The number of hydrogen-bond acceptors (Lipinski definition) is 4. The zero-order valence-electron chi connectivity index (χ0n) is 15.6. The van der Waals surface area contributed by atoms with Gasteiger partial charge in [-0.05, 0) is 50.3 Å². The number of carbonyl (C=O) groups excluding carboxylic acids is 1. The Morgan fingerprint density at radius 1 is 1.22 bits per heavy atom. The van der Waals surface area contributed by atoms with Gasteiger partial charge in [-0.2, -0.15) is 0 Å². The summed E-state index contributed by atoms with van der Waals surface area (Å²) < 4.78 is 11.4. The van der Waals surface area contributed by atoms with E-state index in [1.807, 2.05) is 18.2 Å². The van der Waals surface area contributed by atoms with E-state index >= 15 is 0 Å². The molecule has 3 fully saturated rings. The Hall–Kier alpha value is -1.50. The standard InChI is InChI=1S/C20H28ClN3O3/c21-17-12-15(4-5-18(17)24-8-2-1-3-9-24)22-19(25)23-16-6-10-27-20(13-16)7-11-26-14-20/h4-5,12,16H,1-3,6-11,13-14H2,(H2,22,23,25)/t16-,20+/m1/s1. The van der Waals surface area contributed by atoms with E-state index in [-0.39, 0.29) is 17.7 Å². The predicted molar refractivity (Wildman–Crippen MR) is 107 cm³/mol. The van der Waals surface area contributed by atoms with Gasteiger partial charge in [0, 0.05) is 44.5 Å². The first-order valence-corrected chi connectivity index (χ1v) is 10.4. The molecule has 2 amide bonds. The number of piperidine rings is 1. The van der Waals surface area contributed by atoms with E-state index in [0.29, 0.717) is 23.9 Å². The minimum absolute atomic E-state index is 0.101. The molecule has 3 aliphatic rings. The van der Waals surface area contributed by atoms with Crippen LogP contribution in [0.4, 0.5) is 16.2 Å². The van der Waals surface area contributed by atoms with Crippen molar-refractivity contribution in [2.24, 2.45) is 0 Å². The molecule has 1 aromatic carbocycles. The van der Waals surface area contributed by atoms with Gasteiger partial charge in [0.1, 0.15) is 0 Å². The van der Waals surface area contributed by atoms with Crippen molar-refractivity contribution in [3.63, 3.8) is 0 Å². The van der Waals surface area contributed by atoms with Crippen LogP contribution in [0.15, 0.2) is 18.2 Å². The third-order valence-electron chi connectivity index (χ3n) is 5.80. The zero-order chi connectivity index (χ0) is 18.7. The van der Waals surface area contributed by atoms with Crippen molar-refractivity contribution in [2.45, 2.75) is 50.2 Å². The fraction of sp³-hybridized carbons (Fsp3) is 0.650. The Labute approximate surface area is 165 Å². The molecule has 1 aromatic rings. The van der Waals surface area contributed by atoms with Gasteiger partial charge in [-0.15, -0.1) is 0 Å². The minimum atomic E-state index is -0.213. The Balaban J connectivity index is 1.33. The highest BCUT2D eigenvalue weighted by atomic mass is 35.5. The van der Waals surface area contributed by atoms with Crippen LogP contribution in [-0.2, 0) is 9.47 Å². The van der Waals surface area contributed by atoms with E-state index in [0.717, 1.165) is 44.6 Å². The van der Waals surface area contributed by atoms with Crippen LogP contribution in [0, 0.1) is 0 Å². The summed E-state index contributed by atoms with van der Waals surface area (Å²) in [5.74, 6) is 0. The lowest BCUT2D eigenvalue weighted by atomic mass is 9.90. The summed E-state index contributed by atoms with van der Waals surface area (Å²) in [4.78, 5) is 14.8. The summed E-state index contributed by atoms with van der Waals surface area (Å²) in [6, 6.07) is 5.66. The van der Waals surface area contributed by atoms with E-state index in [1.54, 1.807) is 0 Å². The minimum Gasteiger partial charge on any atom is -0.378 e. The molecule has 148 valence electrons. The van der Waals surface area contributed by atoms with Crippen molar-refractivity contribution < 1.29 is 14.3 Å². The van der Waals surface area contributed by atoms with Crippen molar-refractivity contribution in [1.82, 2.24) is 5.32 Å². The molecule has 0 aromatic heterocycles. The monoisotopic (exact) mass is 393 g/mol. The van der Waals surface area contributed by atoms with E-state index in [2.05, 4.69) is 15.5 Å². The van der Waals surface area contributed by atoms with Crippen LogP contribution >= 0.6 is 11.6 Å². The van der Waals surface area contributed by atoms with E-state index in [9.17, 15) is 4.79 Å². The number of carbonyl (C=O) groups is 1. The number of nitrogens with zero attached hydrogens (tertiary/aromatic N) is 1. The van der Waals surface area contributed by atoms with Crippen LogP contribution in [0.25, 0.3) is 0 Å².